The van der Waals surface area contributed by atoms with E-state index in [1.807, 2.05) is 19.9 Å². The summed E-state index contributed by atoms with van der Waals surface area (Å²) in [4.78, 5) is 40.3. The fourth-order valence-electron chi connectivity index (χ4n) is 8.64. The zero-order valence-corrected chi connectivity index (χ0v) is 22.6. The lowest BCUT2D eigenvalue weighted by molar-refractivity contribution is -0.170. The largest absolute Gasteiger partial charge is 0.508 e. The van der Waals surface area contributed by atoms with E-state index < -0.39 is 16.3 Å². The molecule has 1 saturated heterocycles. The molecular weight excluding hydrogens is 462 g/mol. The molecule has 35 heavy (non-hydrogen) atoms. The Bertz CT molecular complexity index is 1030. The van der Waals surface area contributed by atoms with Crippen LogP contribution in [0.2, 0.25) is 0 Å². The number of aliphatic hydroxyl groups excluding tert-OH is 1. The molecule has 6 nitrogen and oxygen atoms in total. The molecule has 8 atom stereocenters. The smallest absolute Gasteiger partial charge is 0.330 e. The van der Waals surface area contributed by atoms with Gasteiger partial charge in [-0.1, -0.05) is 19.4 Å². The zero-order chi connectivity index (χ0) is 25.5. The van der Waals surface area contributed by atoms with Crippen LogP contribution in [-0.4, -0.2) is 50.4 Å². The van der Waals surface area contributed by atoms with Crippen LogP contribution in [-0.2, 0) is 19.1 Å². The monoisotopic (exact) mass is 501 g/mol. The van der Waals surface area contributed by atoms with E-state index in [-0.39, 0.29) is 46.8 Å². The zero-order valence-electron chi connectivity index (χ0n) is 21.8. The maximum absolute atomic E-state index is 13.4. The Morgan fingerprint density at radius 2 is 1.86 bits per heavy atom. The van der Waals surface area contributed by atoms with Crippen molar-refractivity contribution < 1.29 is 24.2 Å². The minimum Gasteiger partial charge on any atom is -0.508 e. The van der Waals surface area contributed by atoms with Crippen molar-refractivity contribution in [3.8, 4) is 0 Å². The van der Waals surface area contributed by atoms with E-state index in [9.17, 15) is 19.5 Å². The molecule has 1 amide bonds. The fraction of sp³-hybridized carbons (Fsp3) is 0.750. The number of ketones is 1. The second kappa shape index (κ2) is 8.12. The Morgan fingerprint density at radius 3 is 2.54 bits per heavy atom. The van der Waals surface area contributed by atoms with Crippen molar-refractivity contribution in [2.75, 3.05) is 5.75 Å². The van der Waals surface area contributed by atoms with Crippen LogP contribution in [0.4, 0.5) is 0 Å². The predicted molar refractivity (Wildman–Crippen MR) is 135 cm³/mol. The standard InChI is InChI=1S/C28H39NO5S/c1-15-11-21-19-8-7-17-12-18(31)13-23(32)28(17,6)20(19)9-10-27(21,5)24(15)34-25(33)22-14-35-26(3,4)29(22)16(2)30/h12-13,15,19-22,24,31H,7-11,14H2,1-6H3/t15?,19?,20?,21?,22-,24?,27?,28?/m0/s1. The number of rotatable bonds is 2. The molecule has 5 rings (SSSR count). The van der Waals surface area contributed by atoms with Gasteiger partial charge in [0.05, 0.1) is 10.3 Å². The number of ether oxygens (including phenoxy) is 1. The molecule has 4 fully saturated rings. The molecule has 5 aliphatic rings. The maximum atomic E-state index is 13.4. The Labute approximate surface area is 212 Å². The Kier molecular flexibility index (Phi) is 5.78. The van der Waals surface area contributed by atoms with Gasteiger partial charge in [0.15, 0.2) is 5.78 Å². The molecule has 0 radical (unpaired) electrons. The van der Waals surface area contributed by atoms with Gasteiger partial charge in [-0.25, -0.2) is 4.79 Å². The van der Waals surface area contributed by atoms with Crippen molar-refractivity contribution in [3.05, 3.63) is 23.5 Å². The number of thioether (sulfide) groups is 1. The van der Waals surface area contributed by atoms with Gasteiger partial charge in [0.2, 0.25) is 5.91 Å². The van der Waals surface area contributed by atoms with Gasteiger partial charge >= 0.3 is 5.97 Å². The molecule has 1 aliphatic heterocycles. The highest BCUT2D eigenvalue weighted by atomic mass is 32.2. The SMILES string of the molecule is CC(=O)N1[C@H](C(=O)OC2C(C)CC3C4CCC5=CC(O)=CC(=O)C5(C)C4CCC32C)CSC1(C)C. The van der Waals surface area contributed by atoms with E-state index in [0.717, 1.165) is 37.7 Å². The normalized spacial score (nSPS) is 44.1. The summed E-state index contributed by atoms with van der Waals surface area (Å²) in [5, 5.41) is 10.0. The van der Waals surface area contributed by atoms with Gasteiger partial charge in [0.1, 0.15) is 17.9 Å². The van der Waals surface area contributed by atoms with E-state index in [1.54, 1.807) is 16.7 Å². The molecule has 1 N–H and O–H groups in total. The highest BCUT2D eigenvalue weighted by Gasteiger charge is 2.63. The van der Waals surface area contributed by atoms with Gasteiger partial charge in [-0.3, -0.25) is 9.59 Å². The fourth-order valence-corrected chi connectivity index (χ4v) is 9.89. The van der Waals surface area contributed by atoms with Crippen molar-refractivity contribution in [2.45, 2.75) is 90.7 Å². The lowest BCUT2D eigenvalue weighted by Crippen LogP contribution is -2.54. The van der Waals surface area contributed by atoms with Gasteiger partial charge in [0.25, 0.3) is 0 Å². The van der Waals surface area contributed by atoms with Crippen molar-refractivity contribution in [3.63, 3.8) is 0 Å². The minimum absolute atomic E-state index is 0.0329. The second-order valence-corrected chi connectivity index (χ2v) is 14.1. The molecule has 0 aromatic carbocycles. The summed E-state index contributed by atoms with van der Waals surface area (Å²) in [7, 11) is 0. The number of carbonyl (C=O) groups is 3. The van der Waals surface area contributed by atoms with Gasteiger partial charge in [-0.2, -0.15) is 0 Å². The molecule has 3 saturated carbocycles. The van der Waals surface area contributed by atoms with Crippen molar-refractivity contribution >= 4 is 29.4 Å². The Balaban J connectivity index is 1.38. The van der Waals surface area contributed by atoms with Crippen LogP contribution in [0.25, 0.3) is 0 Å². The first-order valence-electron chi connectivity index (χ1n) is 13.1. The third-order valence-corrected chi connectivity index (χ3v) is 11.7. The van der Waals surface area contributed by atoms with Crippen molar-refractivity contribution in [1.82, 2.24) is 4.90 Å². The van der Waals surface area contributed by atoms with Gasteiger partial charge in [-0.15, -0.1) is 11.8 Å². The molecule has 0 aromatic rings. The van der Waals surface area contributed by atoms with Crippen LogP contribution in [0.15, 0.2) is 23.5 Å². The molecule has 0 bridgehead atoms. The molecule has 0 aromatic heterocycles. The molecule has 7 unspecified atom stereocenters. The summed E-state index contributed by atoms with van der Waals surface area (Å²) in [5.74, 6) is 1.57. The molecule has 7 heteroatoms. The van der Waals surface area contributed by atoms with Crippen LogP contribution in [0.5, 0.6) is 0 Å². The first kappa shape index (κ1) is 24.9. The van der Waals surface area contributed by atoms with Crippen molar-refractivity contribution in [1.29, 1.82) is 0 Å². The van der Waals surface area contributed by atoms with E-state index in [1.165, 1.54) is 13.0 Å². The highest BCUT2D eigenvalue weighted by molar-refractivity contribution is 8.00. The van der Waals surface area contributed by atoms with Crippen LogP contribution >= 0.6 is 11.8 Å². The quantitative estimate of drug-likeness (QED) is 0.534. The number of hydrogen-bond donors (Lipinski definition) is 1. The first-order valence-corrected chi connectivity index (χ1v) is 14.1. The Hall–Kier alpha value is -1.76. The van der Waals surface area contributed by atoms with Crippen LogP contribution in [0.1, 0.15) is 73.6 Å². The number of allylic oxidation sites excluding steroid dienone is 3. The summed E-state index contributed by atoms with van der Waals surface area (Å²) in [5.41, 5.74) is 0.404. The van der Waals surface area contributed by atoms with Gasteiger partial charge < -0.3 is 14.7 Å². The topological polar surface area (TPSA) is 83.9 Å². The summed E-state index contributed by atoms with van der Waals surface area (Å²) >= 11 is 1.62. The highest BCUT2D eigenvalue weighted by Crippen LogP contribution is 2.66. The molecule has 1 heterocycles. The number of hydrogen-bond acceptors (Lipinski definition) is 6. The van der Waals surface area contributed by atoms with Gasteiger partial charge in [-0.05, 0) is 82.6 Å². The number of esters is 1. The van der Waals surface area contributed by atoms with E-state index in [4.69, 9.17) is 4.74 Å². The van der Waals surface area contributed by atoms with Crippen LogP contribution in [0.3, 0.4) is 0 Å². The number of carbonyl (C=O) groups excluding carboxylic acids is 3. The van der Waals surface area contributed by atoms with E-state index in [0.29, 0.717) is 17.6 Å². The summed E-state index contributed by atoms with van der Waals surface area (Å²) in [6.45, 7) is 12.0. The average molecular weight is 502 g/mol. The molecular formula is C28H39NO5S. The number of amides is 1. The third kappa shape index (κ3) is 3.54. The predicted octanol–water partition coefficient (Wildman–Crippen LogP) is 5.04. The number of fused-ring (bicyclic) bond motifs is 5. The van der Waals surface area contributed by atoms with Crippen LogP contribution < -0.4 is 0 Å². The molecule has 192 valence electrons. The molecule has 4 aliphatic carbocycles. The minimum atomic E-state index is -0.542. The third-order valence-electron chi connectivity index (χ3n) is 10.3. The summed E-state index contributed by atoms with van der Waals surface area (Å²) < 4.78 is 6.33. The van der Waals surface area contributed by atoms with E-state index in [2.05, 4.69) is 20.8 Å². The van der Waals surface area contributed by atoms with Crippen LogP contribution in [0, 0.1) is 34.5 Å². The average Bonchev–Trinajstić information content (AvgIpc) is 3.22. The first-order chi connectivity index (χ1) is 16.3. The second-order valence-electron chi connectivity index (χ2n) is 12.5. The molecule has 0 spiro atoms. The maximum Gasteiger partial charge on any atom is 0.330 e. The van der Waals surface area contributed by atoms with Crippen molar-refractivity contribution in [2.24, 2.45) is 34.5 Å². The lowest BCUT2D eigenvalue weighted by Gasteiger charge is -2.56. The summed E-state index contributed by atoms with van der Waals surface area (Å²) in [6, 6.07) is -0.542. The lowest BCUT2D eigenvalue weighted by atomic mass is 9.47. The van der Waals surface area contributed by atoms with Gasteiger partial charge in [0, 0.05) is 24.2 Å². The number of nitrogens with zero attached hydrogens (tertiary/aromatic N) is 1. The number of aliphatic hydroxyl groups is 1. The Morgan fingerprint density at radius 1 is 1.14 bits per heavy atom. The summed E-state index contributed by atoms with van der Waals surface area (Å²) in [6.07, 6.45) is 7.69. The van der Waals surface area contributed by atoms with E-state index >= 15 is 0 Å².